The van der Waals surface area contributed by atoms with E-state index in [2.05, 4.69) is 26.0 Å². The lowest BCUT2D eigenvalue weighted by molar-refractivity contribution is -0.870. The molecule has 0 fully saturated rings. The molecule has 0 spiro atoms. The normalized spacial score (nSPS) is 13.9. The van der Waals surface area contributed by atoms with Gasteiger partial charge in [-0.2, -0.15) is 0 Å². The van der Waals surface area contributed by atoms with E-state index >= 15 is 0 Å². The number of rotatable bonds is 41. The molecule has 0 aromatic rings. The minimum absolute atomic E-state index is 0.0901. The molecule has 0 aromatic carbocycles. The van der Waals surface area contributed by atoms with Gasteiger partial charge in [0.15, 0.2) is 0 Å². The molecule has 0 rings (SSSR count). The maximum Gasteiger partial charge on any atom is 0.472 e. The maximum atomic E-state index is 12.6. The van der Waals surface area contributed by atoms with Crippen LogP contribution in [0.4, 0.5) is 0 Å². The summed E-state index contributed by atoms with van der Waals surface area (Å²) in [7, 11) is 1.67. The first-order chi connectivity index (χ1) is 25.1. The monoisotopic (exact) mass is 761 g/mol. The van der Waals surface area contributed by atoms with Gasteiger partial charge in [0.1, 0.15) is 19.3 Å². The van der Waals surface area contributed by atoms with E-state index in [1.165, 1.54) is 135 Å². The van der Waals surface area contributed by atoms with E-state index in [1.807, 2.05) is 21.1 Å². The van der Waals surface area contributed by atoms with E-state index < -0.39 is 13.9 Å². The Morgan fingerprint density at radius 3 is 1.52 bits per heavy atom. The number of phosphoric acid groups is 1. The summed E-state index contributed by atoms with van der Waals surface area (Å²) in [6, 6.07) is 0. The Morgan fingerprint density at radius 1 is 0.577 bits per heavy atom. The predicted octanol–water partition coefficient (Wildman–Crippen LogP) is 12.7. The third-order valence-corrected chi connectivity index (χ3v) is 10.6. The number of likely N-dealkylation sites (N-methyl/N-ethyl adjacent to an activating group) is 1. The minimum Gasteiger partial charge on any atom is -0.457 e. The molecule has 0 heterocycles. The molecule has 1 N–H and O–H groups in total. The molecule has 0 saturated heterocycles. The molecule has 0 bridgehead atoms. The predicted molar refractivity (Wildman–Crippen MR) is 220 cm³/mol. The van der Waals surface area contributed by atoms with Crippen LogP contribution in [0.1, 0.15) is 200 Å². The number of nitrogens with zero attached hydrogens (tertiary/aromatic N) is 1. The van der Waals surface area contributed by atoms with Gasteiger partial charge in [0, 0.05) is 13.0 Å². The van der Waals surface area contributed by atoms with E-state index in [0.29, 0.717) is 24.1 Å². The second-order valence-corrected chi connectivity index (χ2v) is 17.5. The first-order valence-corrected chi connectivity index (χ1v) is 23.4. The third-order valence-electron chi connectivity index (χ3n) is 9.58. The zero-order chi connectivity index (χ0) is 38.4. The van der Waals surface area contributed by atoms with Gasteiger partial charge in [-0.1, -0.05) is 174 Å². The Kier molecular flexibility index (Phi) is 36.6. The van der Waals surface area contributed by atoms with Gasteiger partial charge in [-0.25, -0.2) is 4.57 Å². The number of phosphoric ester groups is 1. The molecular formula is C43H87NO7P+. The molecule has 0 amide bonds. The highest BCUT2D eigenvalue weighted by Crippen LogP contribution is 2.43. The van der Waals surface area contributed by atoms with Crippen LogP contribution in [0.3, 0.4) is 0 Å². The van der Waals surface area contributed by atoms with Crippen LogP contribution in [0.2, 0.25) is 0 Å². The molecule has 9 heteroatoms. The average molecular weight is 761 g/mol. The lowest BCUT2D eigenvalue weighted by Crippen LogP contribution is -2.37. The van der Waals surface area contributed by atoms with Gasteiger partial charge in [-0.3, -0.25) is 13.8 Å². The van der Waals surface area contributed by atoms with Crippen molar-refractivity contribution in [1.82, 2.24) is 0 Å². The topological polar surface area (TPSA) is 91.3 Å². The highest BCUT2D eigenvalue weighted by Gasteiger charge is 2.26. The summed E-state index contributed by atoms with van der Waals surface area (Å²) in [4.78, 5) is 22.8. The van der Waals surface area contributed by atoms with Crippen molar-refractivity contribution in [1.29, 1.82) is 0 Å². The van der Waals surface area contributed by atoms with Crippen molar-refractivity contribution in [2.75, 3.05) is 54.1 Å². The van der Waals surface area contributed by atoms with Crippen molar-refractivity contribution in [3.8, 4) is 0 Å². The molecule has 0 aromatic heterocycles. The summed E-state index contributed by atoms with van der Waals surface area (Å²) >= 11 is 0. The number of hydrogen-bond donors (Lipinski definition) is 1. The molecule has 0 saturated carbocycles. The van der Waals surface area contributed by atoms with Crippen LogP contribution in [-0.2, 0) is 27.9 Å². The number of hydrogen-bond acceptors (Lipinski definition) is 6. The molecule has 2 atom stereocenters. The molecule has 0 aliphatic heterocycles. The van der Waals surface area contributed by atoms with Crippen LogP contribution in [0.5, 0.6) is 0 Å². The highest BCUT2D eigenvalue weighted by molar-refractivity contribution is 7.47. The number of unbranched alkanes of at least 4 members (excludes halogenated alkanes) is 25. The second-order valence-electron chi connectivity index (χ2n) is 16.1. The smallest absolute Gasteiger partial charge is 0.457 e. The quantitative estimate of drug-likeness (QED) is 0.0218. The van der Waals surface area contributed by atoms with Crippen LogP contribution < -0.4 is 0 Å². The van der Waals surface area contributed by atoms with Gasteiger partial charge in [-0.05, 0) is 32.1 Å². The zero-order valence-corrected chi connectivity index (χ0v) is 36.0. The molecule has 8 nitrogen and oxygen atoms in total. The van der Waals surface area contributed by atoms with Crippen molar-refractivity contribution < 1.29 is 37.3 Å². The Morgan fingerprint density at radius 2 is 1.02 bits per heavy atom. The molecular weight excluding hydrogens is 673 g/mol. The average Bonchev–Trinajstić information content (AvgIpc) is 3.09. The Bertz CT molecular complexity index is 848. The van der Waals surface area contributed by atoms with Crippen LogP contribution in [0, 0.1) is 0 Å². The molecule has 52 heavy (non-hydrogen) atoms. The first kappa shape index (κ1) is 51.2. The number of ether oxygens (including phenoxy) is 2. The molecule has 2 unspecified atom stereocenters. The summed E-state index contributed by atoms with van der Waals surface area (Å²) in [5.74, 6) is -0.321. The SMILES string of the molecule is CCCC/C=C\CCCCCCCC(=O)OC(COCCCCCCCCCCCCCCCCCCCCC)COP(=O)(O)OCC[N+](C)(C)C. The van der Waals surface area contributed by atoms with Gasteiger partial charge in [0.05, 0.1) is 34.4 Å². The van der Waals surface area contributed by atoms with E-state index in [9.17, 15) is 14.3 Å². The Hall–Kier alpha value is -0.760. The van der Waals surface area contributed by atoms with Gasteiger partial charge >= 0.3 is 13.8 Å². The number of allylic oxidation sites excluding steroid dienone is 2. The van der Waals surface area contributed by atoms with Crippen molar-refractivity contribution in [2.24, 2.45) is 0 Å². The van der Waals surface area contributed by atoms with E-state index in [4.69, 9.17) is 18.5 Å². The number of quaternary nitrogens is 1. The summed E-state index contributed by atoms with van der Waals surface area (Å²) in [5, 5.41) is 0. The Balaban J connectivity index is 4.14. The van der Waals surface area contributed by atoms with Crippen molar-refractivity contribution >= 4 is 13.8 Å². The molecule has 0 radical (unpaired) electrons. The lowest BCUT2D eigenvalue weighted by Gasteiger charge is -2.24. The number of carbonyl (C=O) groups is 1. The van der Waals surface area contributed by atoms with Crippen LogP contribution >= 0.6 is 7.82 Å². The standard InChI is InChI=1S/C43H86NO7P/c1-6-8-10-12-14-16-18-19-20-21-22-23-24-25-27-29-31-33-35-38-48-40-42(41-50-52(46,47)49-39-37-44(3,4)5)51-43(45)36-34-32-30-28-26-17-15-13-11-9-7-2/h13,15,42H,6-12,14,16-41H2,1-5H3/p+1/b15-13-. The van der Waals surface area contributed by atoms with Gasteiger partial charge in [0.2, 0.25) is 0 Å². The maximum absolute atomic E-state index is 12.6. The lowest BCUT2D eigenvalue weighted by atomic mass is 10.0. The van der Waals surface area contributed by atoms with Gasteiger partial charge in [-0.15, -0.1) is 0 Å². The second kappa shape index (κ2) is 37.2. The van der Waals surface area contributed by atoms with E-state index in [-0.39, 0.29) is 25.8 Å². The van der Waals surface area contributed by atoms with Crippen LogP contribution in [0.25, 0.3) is 0 Å². The fourth-order valence-electron chi connectivity index (χ4n) is 6.12. The summed E-state index contributed by atoms with van der Waals surface area (Å²) in [6.07, 6.45) is 39.6. The highest BCUT2D eigenvalue weighted by atomic mass is 31.2. The van der Waals surface area contributed by atoms with E-state index in [0.717, 1.165) is 44.9 Å². The minimum atomic E-state index is -4.27. The summed E-state index contributed by atoms with van der Waals surface area (Å²) in [5.41, 5.74) is 0. The van der Waals surface area contributed by atoms with Crippen LogP contribution in [0.15, 0.2) is 12.2 Å². The fourth-order valence-corrected chi connectivity index (χ4v) is 6.86. The number of esters is 1. The van der Waals surface area contributed by atoms with Crippen molar-refractivity contribution in [2.45, 2.75) is 206 Å². The van der Waals surface area contributed by atoms with Gasteiger partial charge < -0.3 is 18.9 Å². The molecule has 0 aliphatic rings. The summed E-state index contributed by atoms with van der Waals surface area (Å²) in [6.45, 7) is 5.61. The molecule has 310 valence electrons. The largest absolute Gasteiger partial charge is 0.472 e. The molecule has 0 aliphatic carbocycles. The van der Waals surface area contributed by atoms with Crippen LogP contribution in [-0.4, -0.2) is 75.6 Å². The first-order valence-electron chi connectivity index (χ1n) is 21.9. The number of carbonyl (C=O) groups excluding carboxylic acids is 1. The van der Waals surface area contributed by atoms with Crippen molar-refractivity contribution in [3.05, 3.63) is 12.2 Å². The third kappa shape index (κ3) is 40.4. The Labute approximate surface area is 322 Å². The van der Waals surface area contributed by atoms with Crippen molar-refractivity contribution in [3.63, 3.8) is 0 Å². The van der Waals surface area contributed by atoms with E-state index in [1.54, 1.807) is 0 Å². The fraction of sp³-hybridized carbons (Fsp3) is 0.930. The zero-order valence-electron chi connectivity index (χ0n) is 35.1. The summed E-state index contributed by atoms with van der Waals surface area (Å²) < 4.78 is 34.9. The van der Waals surface area contributed by atoms with Gasteiger partial charge in [0.25, 0.3) is 0 Å².